The molecule has 0 saturated carbocycles. The van der Waals surface area contributed by atoms with Gasteiger partial charge in [-0.05, 0) is 18.6 Å². The Bertz CT molecular complexity index is 624. The minimum atomic E-state index is 0.859. The maximum absolute atomic E-state index is 5.42. The van der Waals surface area contributed by atoms with Crippen molar-refractivity contribution in [2.24, 2.45) is 0 Å². The van der Waals surface area contributed by atoms with Crippen molar-refractivity contribution < 1.29 is 4.52 Å². The van der Waals surface area contributed by atoms with Crippen molar-refractivity contribution in [2.45, 2.75) is 26.7 Å². The Balaban J connectivity index is 2.21. The van der Waals surface area contributed by atoms with E-state index in [1.165, 1.54) is 5.39 Å². The number of hydrogen-bond donors (Lipinski definition) is 1. The maximum Gasteiger partial charge on any atom is 0.146 e. The van der Waals surface area contributed by atoms with Crippen molar-refractivity contribution in [2.75, 3.05) is 0 Å². The number of nitrogens with zero attached hydrogens (tertiary/aromatic N) is 1. The molecule has 0 fully saturated rings. The number of benzene rings is 1. The number of aromatic nitrogens is 2. The Kier molecular flexibility index (Phi) is 2.67. The van der Waals surface area contributed by atoms with E-state index in [0.29, 0.717) is 0 Å². The highest BCUT2D eigenvalue weighted by molar-refractivity contribution is 5.86. The van der Waals surface area contributed by atoms with Crippen LogP contribution in [0.5, 0.6) is 0 Å². The molecule has 0 unspecified atom stereocenters. The molecule has 0 aliphatic rings. The van der Waals surface area contributed by atoms with Crippen LogP contribution in [0.2, 0.25) is 0 Å². The molecule has 3 nitrogen and oxygen atoms in total. The fraction of sp³-hybridized carbons (Fsp3) is 0.267. The zero-order valence-electron chi connectivity index (χ0n) is 10.7. The van der Waals surface area contributed by atoms with Crippen LogP contribution in [0.3, 0.4) is 0 Å². The van der Waals surface area contributed by atoms with Gasteiger partial charge in [-0.3, -0.25) is 0 Å². The molecule has 18 heavy (non-hydrogen) atoms. The molecule has 1 N–H and O–H groups in total. The van der Waals surface area contributed by atoms with Gasteiger partial charge in [0.25, 0.3) is 0 Å². The highest BCUT2D eigenvalue weighted by atomic mass is 16.5. The molecule has 0 radical (unpaired) electrons. The van der Waals surface area contributed by atoms with Crippen molar-refractivity contribution >= 4 is 10.9 Å². The van der Waals surface area contributed by atoms with E-state index in [1.807, 2.05) is 6.07 Å². The quantitative estimate of drug-likeness (QED) is 0.753. The fourth-order valence-corrected chi connectivity index (χ4v) is 2.36. The molecule has 0 amide bonds. The van der Waals surface area contributed by atoms with Crippen LogP contribution < -0.4 is 0 Å². The third-order valence-corrected chi connectivity index (χ3v) is 3.29. The van der Waals surface area contributed by atoms with E-state index in [0.717, 1.165) is 41.1 Å². The Hall–Kier alpha value is -2.03. The first-order valence-corrected chi connectivity index (χ1v) is 6.39. The second-order valence-electron chi connectivity index (χ2n) is 4.40. The van der Waals surface area contributed by atoms with Gasteiger partial charge in [0, 0.05) is 17.3 Å². The summed E-state index contributed by atoms with van der Waals surface area (Å²) in [4.78, 5) is 3.45. The molecule has 0 spiro atoms. The first-order valence-electron chi connectivity index (χ1n) is 6.39. The first-order chi connectivity index (χ1) is 8.83. The van der Waals surface area contributed by atoms with E-state index in [2.05, 4.69) is 48.3 Å². The van der Waals surface area contributed by atoms with E-state index < -0.39 is 0 Å². The lowest BCUT2D eigenvalue weighted by Gasteiger charge is -1.98. The predicted octanol–water partition coefficient (Wildman–Crippen LogP) is 3.95. The number of nitrogens with one attached hydrogen (secondary N) is 1. The molecule has 0 bridgehead atoms. The molecule has 3 heteroatoms. The zero-order chi connectivity index (χ0) is 12.5. The molecule has 3 rings (SSSR count). The molecule has 3 aromatic rings. The van der Waals surface area contributed by atoms with E-state index in [1.54, 1.807) is 0 Å². The summed E-state index contributed by atoms with van der Waals surface area (Å²) in [5.74, 6) is 0.957. The van der Waals surface area contributed by atoms with E-state index in [4.69, 9.17) is 4.52 Å². The largest absolute Gasteiger partial charge is 0.360 e. The van der Waals surface area contributed by atoms with Crippen LogP contribution in [0.1, 0.15) is 25.3 Å². The summed E-state index contributed by atoms with van der Waals surface area (Å²) in [6.45, 7) is 4.19. The summed E-state index contributed by atoms with van der Waals surface area (Å²) in [6, 6.07) is 10.5. The standard InChI is InChI=1S/C15H16N2O/c1-3-11-15(14(4-2)18-17-11)13-9-10-7-5-6-8-12(10)16-13/h5-9,16H,3-4H2,1-2H3. The van der Waals surface area contributed by atoms with Crippen molar-refractivity contribution in [3.8, 4) is 11.3 Å². The molecule has 0 aliphatic heterocycles. The number of fused-ring (bicyclic) bond motifs is 1. The third kappa shape index (κ3) is 1.63. The molecule has 1 aromatic carbocycles. The zero-order valence-corrected chi connectivity index (χ0v) is 10.7. The summed E-state index contributed by atoms with van der Waals surface area (Å²) in [6.07, 6.45) is 1.74. The summed E-state index contributed by atoms with van der Waals surface area (Å²) < 4.78 is 5.42. The SMILES string of the molecule is CCc1noc(CC)c1-c1cc2ccccc2[nH]1. The molecule has 2 heterocycles. The van der Waals surface area contributed by atoms with Crippen molar-refractivity contribution in [1.29, 1.82) is 0 Å². The van der Waals surface area contributed by atoms with Gasteiger partial charge in [-0.2, -0.15) is 0 Å². The molecule has 0 atom stereocenters. The average Bonchev–Trinajstić information content (AvgIpc) is 3.00. The number of para-hydroxylation sites is 1. The Morgan fingerprint density at radius 1 is 1.17 bits per heavy atom. The summed E-state index contributed by atoms with van der Waals surface area (Å²) in [7, 11) is 0. The second kappa shape index (κ2) is 4.33. The Morgan fingerprint density at radius 3 is 2.72 bits per heavy atom. The monoisotopic (exact) mass is 240 g/mol. The van der Waals surface area contributed by atoms with Gasteiger partial charge in [0.2, 0.25) is 0 Å². The summed E-state index contributed by atoms with van der Waals surface area (Å²) in [5.41, 5.74) is 4.42. The van der Waals surface area contributed by atoms with E-state index >= 15 is 0 Å². The van der Waals surface area contributed by atoms with Crippen molar-refractivity contribution in [3.05, 3.63) is 41.8 Å². The van der Waals surface area contributed by atoms with Crippen LogP contribution in [0.15, 0.2) is 34.9 Å². The highest BCUT2D eigenvalue weighted by Crippen LogP contribution is 2.30. The lowest BCUT2D eigenvalue weighted by molar-refractivity contribution is 0.381. The molecule has 0 aliphatic carbocycles. The predicted molar refractivity (Wildman–Crippen MR) is 72.6 cm³/mol. The molecule has 0 saturated heterocycles. The lowest BCUT2D eigenvalue weighted by atomic mass is 10.1. The van der Waals surface area contributed by atoms with E-state index in [-0.39, 0.29) is 0 Å². The minimum absolute atomic E-state index is 0.859. The van der Waals surface area contributed by atoms with Gasteiger partial charge < -0.3 is 9.51 Å². The van der Waals surface area contributed by atoms with Gasteiger partial charge in [-0.1, -0.05) is 37.2 Å². The third-order valence-electron chi connectivity index (χ3n) is 3.29. The van der Waals surface area contributed by atoms with Crippen LogP contribution >= 0.6 is 0 Å². The van der Waals surface area contributed by atoms with Gasteiger partial charge in [0.1, 0.15) is 5.76 Å². The number of aromatic amines is 1. The van der Waals surface area contributed by atoms with Gasteiger partial charge >= 0.3 is 0 Å². The number of H-pyrrole nitrogens is 1. The highest BCUT2D eigenvalue weighted by Gasteiger charge is 2.16. The average molecular weight is 240 g/mol. The maximum atomic E-state index is 5.42. The second-order valence-corrected chi connectivity index (χ2v) is 4.40. The lowest BCUT2D eigenvalue weighted by Crippen LogP contribution is -1.87. The molecular formula is C15H16N2O. The normalized spacial score (nSPS) is 11.2. The molecular weight excluding hydrogens is 224 g/mol. The first kappa shape index (κ1) is 11.1. The smallest absolute Gasteiger partial charge is 0.146 e. The minimum Gasteiger partial charge on any atom is -0.360 e. The van der Waals surface area contributed by atoms with Gasteiger partial charge in [0.15, 0.2) is 0 Å². The van der Waals surface area contributed by atoms with Crippen LogP contribution in [-0.2, 0) is 12.8 Å². The molecule has 2 aromatic heterocycles. The molecule has 92 valence electrons. The van der Waals surface area contributed by atoms with Gasteiger partial charge in [-0.15, -0.1) is 0 Å². The van der Waals surface area contributed by atoms with Crippen LogP contribution in [0, 0.1) is 0 Å². The Labute approximate surface area is 106 Å². The summed E-state index contributed by atoms with van der Waals surface area (Å²) >= 11 is 0. The number of aryl methyl sites for hydroxylation is 2. The van der Waals surface area contributed by atoms with Crippen molar-refractivity contribution in [3.63, 3.8) is 0 Å². The van der Waals surface area contributed by atoms with Gasteiger partial charge in [0.05, 0.1) is 17.0 Å². The van der Waals surface area contributed by atoms with Crippen molar-refractivity contribution in [1.82, 2.24) is 10.1 Å². The topological polar surface area (TPSA) is 41.8 Å². The van der Waals surface area contributed by atoms with E-state index in [9.17, 15) is 0 Å². The van der Waals surface area contributed by atoms with Gasteiger partial charge in [-0.25, -0.2) is 0 Å². The Morgan fingerprint density at radius 2 is 2.00 bits per heavy atom. The van der Waals surface area contributed by atoms with Crippen LogP contribution in [-0.4, -0.2) is 10.1 Å². The number of rotatable bonds is 3. The fourth-order valence-electron chi connectivity index (χ4n) is 2.36. The summed E-state index contributed by atoms with van der Waals surface area (Å²) in [5, 5.41) is 5.38. The van der Waals surface area contributed by atoms with Crippen LogP contribution in [0.4, 0.5) is 0 Å². The number of hydrogen-bond acceptors (Lipinski definition) is 2. The van der Waals surface area contributed by atoms with Crippen LogP contribution in [0.25, 0.3) is 22.2 Å².